The Morgan fingerprint density at radius 1 is 0.588 bits per heavy atom. The lowest BCUT2D eigenvalue weighted by atomic mass is 9.58. The Morgan fingerprint density at radius 3 is 1.53 bits per heavy atom. The van der Waals surface area contributed by atoms with Gasteiger partial charge >= 0.3 is 0 Å². The highest BCUT2D eigenvalue weighted by molar-refractivity contribution is 6.69. The Hall–Kier alpha value is -3.06. The van der Waals surface area contributed by atoms with E-state index in [4.69, 9.17) is 0 Å². The first kappa shape index (κ1) is 24.1. The van der Waals surface area contributed by atoms with E-state index in [-0.39, 0.29) is 0 Å². The summed E-state index contributed by atoms with van der Waals surface area (Å²) in [6, 6.07) is 28.9. The molecule has 34 heavy (non-hydrogen) atoms. The van der Waals surface area contributed by atoms with Crippen molar-refractivity contribution in [2.75, 3.05) is 0 Å². The van der Waals surface area contributed by atoms with E-state index in [0.29, 0.717) is 0 Å². The zero-order chi connectivity index (χ0) is 24.2. The summed E-state index contributed by atoms with van der Waals surface area (Å²) in [6.45, 7) is 13.6. The maximum Gasteiger partial charge on any atom is 0.192 e. The highest BCUT2D eigenvalue weighted by atomic mass is 14.1. The summed E-state index contributed by atoms with van der Waals surface area (Å²) in [4.78, 5) is 0. The van der Waals surface area contributed by atoms with Gasteiger partial charge in [0.15, 0.2) is 7.28 Å². The molecule has 0 fully saturated rings. The number of hydrogen-bond acceptors (Lipinski definition) is 0. The Labute approximate surface area is 207 Å². The van der Waals surface area contributed by atoms with Crippen molar-refractivity contribution in [2.45, 2.75) is 54.4 Å². The molecule has 0 amide bonds. The van der Waals surface area contributed by atoms with Crippen LogP contribution in [0.25, 0.3) is 22.3 Å². The maximum atomic E-state index is 2.39. The molecule has 0 spiro atoms. The van der Waals surface area contributed by atoms with Crippen molar-refractivity contribution < 1.29 is 0 Å². The molecule has 0 aromatic heterocycles. The Bertz CT molecular complexity index is 1220. The number of hydrogen-bond donors (Lipinski definition) is 0. The molecule has 0 nitrogen and oxygen atoms in total. The summed E-state index contributed by atoms with van der Waals surface area (Å²) in [6.07, 6.45) is 2.39. The Balaban J connectivity index is 1.59. The van der Waals surface area contributed by atoms with E-state index in [9.17, 15) is 0 Å². The van der Waals surface area contributed by atoms with E-state index < -0.39 is 0 Å². The molecule has 4 rings (SSSR count). The van der Waals surface area contributed by atoms with Crippen LogP contribution in [-0.2, 0) is 6.42 Å². The molecule has 1 radical (unpaired) electrons. The van der Waals surface area contributed by atoms with Gasteiger partial charge in [0.05, 0.1) is 0 Å². The molecule has 0 heterocycles. The Kier molecular flexibility index (Phi) is 7.42. The van der Waals surface area contributed by atoms with Crippen molar-refractivity contribution in [3.05, 3.63) is 107 Å². The molecule has 1 heteroatoms. The third-order valence-electron chi connectivity index (χ3n) is 7.14. The summed E-state index contributed by atoms with van der Waals surface area (Å²) in [5, 5.41) is 0. The minimum Gasteiger partial charge on any atom is -0.0757 e. The van der Waals surface area contributed by atoms with Crippen LogP contribution in [0.2, 0.25) is 0 Å². The van der Waals surface area contributed by atoms with Gasteiger partial charge in [0.25, 0.3) is 0 Å². The van der Waals surface area contributed by atoms with Crippen LogP contribution in [0.1, 0.15) is 48.1 Å². The van der Waals surface area contributed by atoms with Gasteiger partial charge in [-0.1, -0.05) is 132 Å². The van der Waals surface area contributed by atoms with Gasteiger partial charge in [0.1, 0.15) is 0 Å². The van der Waals surface area contributed by atoms with Gasteiger partial charge in [-0.05, 0) is 67.9 Å². The topological polar surface area (TPSA) is 0 Å². The molecule has 0 saturated carbocycles. The van der Waals surface area contributed by atoms with Gasteiger partial charge in [-0.15, -0.1) is 0 Å². The molecule has 0 bridgehead atoms. The van der Waals surface area contributed by atoms with Crippen LogP contribution in [0.15, 0.2) is 78.9 Å². The van der Waals surface area contributed by atoms with Gasteiger partial charge in [-0.25, -0.2) is 0 Å². The third kappa shape index (κ3) is 5.36. The van der Waals surface area contributed by atoms with Gasteiger partial charge in [0.2, 0.25) is 0 Å². The van der Waals surface area contributed by atoms with Crippen LogP contribution in [0.5, 0.6) is 0 Å². The van der Waals surface area contributed by atoms with Crippen LogP contribution in [0.3, 0.4) is 0 Å². The third-order valence-corrected chi connectivity index (χ3v) is 7.14. The minimum absolute atomic E-state index is 0.729. The van der Waals surface area contributed by atoms with Crippen LogP contribution < -0.4 is 10.9 Å². The quantitative estimate of drug-likeness (QED) is 0.260. The fraction of sp³-hybridized carbons (Fsp3) is 0.273. The summed E-state index contributed by atoms with van der Waals surface area (Å²) in [7, 11) is 2.39. The first-order valence-corrected chi connectivity index (χ1v) is 12.6. The van der Waals surface area contributed by atoms with E-state index in [0.717, 1.165) is 12.3 Å². The fourth-order valence-electron chi connectivity index (χ4n) is 4.96. The number of aryl methyl sites for hydroxylation is 4. The van der Waals surface area contributed by atoms with E-state index in [1.54, 1.807) is 0 Å². The first-order chi connectivity index (χ1) is 16.4. The molecule has 1 atom stereocenters. The average molecular weight is 443 g/mol. The summed E-state index contributed by atoms with van der Waals surface area (Å²) >= 11 is 0. The average Bonchev–Trinajstić information content (AvgIpc) is 2.83. The molecule has 4 aromatic rings. The molecule has 0 aliphatic rings. The summed E-state index contributed by atoms with van der Waals surface area (Å²) in [5.74, 6) is 0.729. The highest BCUT2D eigenvalue weighted by Crippen LogP contribution is 2.26. The minimum atomic E-state index is 0.729. The van der Waals surface area contributed by atoms with E-state index in [1.165, 1.54) is 67.4 Å². The lowest BCUT2D eigenvalue weighted by Gasteiger charge is -2.18. The van der Waals surface area contributed by atoms with Crippen LogP contribution >= 0.6 is 0 Å². The summed E-state index contributed by atoms with van der Waals surface area (Å²) < 4.78 is 0. The van der Waals surface area contributed by atoms with Crippen LogP contribution in [0.4, 0.5) is 0 Å². The molecular formula is C33H36B. The molecule has 0 aliphatic heterocycles. The van der Waals surface area contributed by atoms with Crippen molar-refractivity contribution in [2.24, 2.45) is 5.92 Å². The smallest absolute Gasteiger partial charge is 0.0757 e. The van der Waals surface area contributed by atoms with Crippen molar-refractivity contribution in [3.63, 3.8) is 0 Å². The van der Waals surface area contributed by atoms with Gasteiger partial charge < -0.3 is 0 Å². The molecule has 171 valence electrons. The second-order valence-corrected chi connectivity index (χ2v) is 9.97. The fourth-order valence-corrected chi connectivity index (χ4v) is 4.96. The standard InChI is InChI=1S/C33H36B/c1-7-22(2)17-27-18-23(3)32(24(4)19-27)34-33-25(5)20-31(21-26(33)6)30-15-13-29(14-16-30)28-11-9-8-10-12-28/h8-16,18-22H,7,17H2,1-6H3. The van der Waals surface area contributed by atoms with Crippen LogP contribution in [-0.4, -0.2) is 7.28 Å². The normalized spacial score (nSPS) is 11.9. The highest BCUT2D eigenvalue weighted by Gasteiger charge is 2.14. The van der Waals surface area contributed by atoms with Crippen molar-refractivity contribution in [3.8, 4) is 22.3 Å². The van der Waals surface area contributed by atoms with Crippen molar-refractivity contribution in [1.29, 1.82) is 0 Å². The molecule has 0 aliphatic carbocycles. The van der Waals surface area contributed by atoms with E-state index >= 15 is 0 Å². The SMILES string of the molecule is CCC(C)Cc1cc(C)c([B]c2c(C)cc(-c3ccc(-c4ccccc4)cc3)cc2C)c(C)c1. The maximum absolute atomic E-state index is 2.39. The molecule has 0 saturated heterocycles. The second-order valence-electron chi connectivity index (χ2n) is 9.97. The lowest BCUT2D eigenvalue weighted by molar-refractivity contribution is 0.560. The lowest BCUT2D eigenvalue weighted by Crippen LogP contribution is -2.34. The monoisotopic (exact) mass is 443 g/mol. The molecular weight excluding hydrogens is 407 g/mol. The number of rotatable bonds is 7. The zero-order valence-electron chi connectivity index (χ0n) is 21.6. The van der Waals surface area contributed by atoms with E-state index in [2.05, 4.69) is 128 Å². The Morgan fingerprint density at radius 2 is 1.03 bits per heavy atom. The van der Waals surface area contributed by atoms with Crippen molar-refractivity contribution >= 4 is 18.2 Å². The van der Waals surface area contributed by atoms with E-state index in [1.807, 2.05) is 0 Å². The molecule has 4 aromatic carbocycles. The van der Waals surface area contributed by atoms with Gasteiger partial charge in [0, 0.05) is 0 Å². The molecule has 1 unspecified atom stereocenters. The zero-order valence-corrected chi connectivity index (χ0v) is 21.6. The van der Waals surface area contributed by atoms with Gasteiger partial charge in [-0.2, -0.15) is 0 Å². The predicted molar refractivity (Wildman–Crippen MR) is 151 cm³/mol. The second kappa shape index (κ2) is 10.5. The largest absolute Gasteiger partial charge is 0.192 e. The molecule has 0 N–H and O–H groups in total. The van der Waals surface area contributed by atoms with Crippen LogP contribution in [0, 0.1) is 33.6 Å². The van der Waals surface area contributed by atoms with Gasteiger partial charge in [-0.3, -0.25) is 0 Å². The summed E-state index contributed by atoms with van der Waals surface area (Å²) in [5.41, 5.74) is 14.6. The predicted octanol–water partition coefficient (Wildman–Crippen LogP) is 7.50. The van der Waals surface area contributed by atoms with Crippen molar-refractivity contribution in [1.82, 2.24) is 0 Å². The number of benzene rings is 4. The first-order valence-electron chi connectivity index (χ1n) is 12.6.